The Morgan fingerprint density at radius 2 is 1.90 bits per heavy atom. The third-order valence-corrected chi connectivity index (χ3v) is 5.04. The first-order valence-electron chi connectivity index (χ1n) is 8.37. The summed E-state index contributed by atoms with van der Waals surface area (Å²) in [6, 6.07) is 1.23. The molecule has 0 aliphatic heterocycles. The highest BCUT2D eigenvalue weighted by Crippen LogP contribution is 2.26. The maximum atomic E-state index is 11.8. The summed E-state index contributed by atoms with van der Waals surface area (Å²) in [7, 11) is 0. The van der Waals surface area contributed by atoms with Crippen LogP contribution in [-0.2, 0) is 4.79 Å². The topological polar surface area (TPSA) is 58.4 Å². The molecular formula is C16H31N3O. The molecule has 0 aromatic heterocycles. The molecule has 4 heteroatoms. The van der Waals surface area contributed by atoms with E-state index in [0.29, 0.717) is 12.1 Å². The number of rotatable bonds is 8. The maximum Gasteiger partial charge on any atom is 0.237 e. The molecule has 2 rings (SSSR count). The molecule has 3 N–H and O–H groups in total. The van der Waals surface area contributed by atoms with Gasteiger partial charge in [-0.3, -0.25) is 4.79 Å². The van der Waals surface area contributed by atoms with Gasteiger partial charge in [0.2, 0.25) is 5.91 Å². The summed E-state index contributed by atoms with van der Waals surface area (Å²) >= 11 is 0. The lowest BCUT2D eigenvalue weighted by molar-refractivity contribution is -0.124. The lowest BCUT2D eigenvalue weighted by Crippen LogP contribution is -2.56. The average molecular weight is 281 g/mol. The SMILES string of the molecule is CCN(CCC(C)(NC1CC1)C(N)=O)C1CCCCC1. The molecule has 0 bridgehead atoms. The fourth-order valence-corrected chi connectivity index (χ4v) is 3.36. The molecule has 0 aromatic rings. The quantitative estimate of drug-likeness (QED) is 0.715. The van der Waals surface area contributed by atoms with Crippen LogP contribution in [0.4, 0.5) is 0 Å². The van der Waals surface area contributed by atoms with E-state index in [9.17, 15) is 4.79 Å². The zero-order chi connectivity index (χ0) is 14.6. The monoisotopic (exact) mass is 281 g/mol. The summed E-state index contributed by atoms with van der Waals surface area (Å²) in [6.07, 6.45) is 9.92. The smallest absolute Gasteiger partial charge is 0.237 e. The number of nitrogens with zero attached hydrogens (tertiary/aromatic N) is 1. The predicted molar refractivity (Wildman–Crippen MR) is 82.5 cm³/mol. The van der Waals surface area contributed by atoms with Gasteiger partial charge < -0.3 is 16.0 Å². The van der Waals surface area contributed by atoms with Crippen LogP contribution in [0.15, 0.2) is 0 Å². The summed E-state index contributed by atoms with van der Waals surface area (Å²) < 4.78 is 0. The fourth-order valence-electron chi connectivity index (χ4n) is 3.36. The van der Waals surface area contributed by atoms with Crippen molar-refractivity contribution in [3.8, 4) is 0 Å². The zero-order valence-electron chi connectivity index (χ0n) is 13.2. The van der Waals surface area contributed by atoms with Gasteiger partial charge in [0, 0.05) is 18.6 Å². The zero-order valence-corrected chi connectivity index (χ0v) is 13.2. The van der Waals surface area contributed by atoms with Crippen molar-refractivity contribution >= 4 is 5.91 Å². The van der Waals surface area contributed by atoms with E-state index in [0.717, 1.165) is 19.5 Å². The van der Waals surface area contributed by atoms with E-state index >= 15 is 0 Å². The van der Waals surface area contributed by atoms with Crippen molar-refractivity contribution in [3.63, 3.8) is 0 Å². The van der Waals surface area contributed by atoms with E-state index in [4.69, 9.17) is 5.73 Å². The highest BCUT2D eigenvalue weighted by molar-refractivity contribution is 5.84. The molecule has 0 spiro atoms. The number of carbonyl (C=O) groups excluding carboxylic acids is 1. The minimum absolute atomic E-state index is 0.205. The number of hydrogen-bond donors (Lipinski definition) is 2. The third-order valence-electron chi connectivity index (χ3n) is 5.04. The molecule has 1 atom stereocenters. The van der Waals surface area contributed by atoms with Gasteiger partial charge in [-0.05, 0) is 45.6 Å². The highest BCUT2D eigenvalue weighted by atomic mass is 16.1. The predicted octanol–water partition coefficient (Wildman–Crippen LogP) is 2.03. The normalized spacial score (nSPS) is 23.8. The second-order valence-electron chi connectivity index (χ2n) is 6.79. The van der Waals surface area contributed by atoms with E-state index in [1.165, 1.54) is 44.9 Å². The molecule has 2 saturated carbocycles. The standard InChI is InChI=1S/C16H31N3O/c1-3-19(14-7-5-4-6-8-14)12-11-16(2,15(17)20)18-13-9-10-13/h13-14,18H,3-12H2,1-2H3,(H2,17,20). The van der Waals surface area contributed by atoms with Gasteiger partial charge in [0.15, 0.2) is 0 Å². The second kappa shape index (κ2) is 6.90. The molecular weight excluding hydrogens is 250 g/mol. The molecule has 116 valence electrons. The van der Waals surface area contributed by atoms with Crippen molar-refractivity contribution in [1.29, 1.82) is 0 Å². The van der Waals surface area contributed by atoms with Gasteiger partial charge in [0.25, 0.3) is 0 Å². The number of nitrogens with two attached hydrogens (primary N) is 1. The first kappa shape index (κ1) is 15.8. The molecule has 0 saturated heterocycles. The Bertz CT molecular complexity index is 324. The van der Waals surface area contributed by atoms with Gasteiger partial charge in [0.1, 0.15) is 0 Å². The summed E-state index contributed by atoms with van der Waals surface area (Å²) in [5, 5.41) is 3.45. The second-order valence-corrected chi connectivity index (χ2v) is 6.79. The van der Waals surface area contributed by atoms with Crippen LogP contribution in [0, 0.1) is 0 Å². The van der Waals surface area contributed by atoms with E-state index in [-0.39, 0.29) is 5.91 Å². The lowest BCUT2D eigenvalue weighted by atomic mass is 9.92. The van der Waals surface area contributed by atoms with Gasteiger partial charge in [-0.25, -0.2) is 0 Å². The molecule has 4 nitrogen and oxygen atoms in total. The molecule has 0 aromatic carbocycles. The molecule has 1 unspecified atom stereocenters. The number of hydrogen-bond acceptors (Lipinski definition) is 3. The Morgan fingerprint density at radius 1 is 1.25 bits per heavy atom. The van der Waals surface area contributed by atoms with Crippen LogP contribution < -0.4 is 11.1 Å². The summed E-state index contributed by atoms with van der Waals surface area (Å²) in [5.41, 5.74) is 5.09. The number of amides is 1. The lowest BCUT2D eigenvalue weighted by Gasteiger charge is -2.36. The van der Waals surface area contributed by atoms with Gasteiger partial charge in [-0.2, -0.15) is 0 Å². The van der Waals surface area contributed by atoms with Gasteiger partial charge in [-0.15, -0.1) is 0 Å². The van der Waals surface area contributed by atoms with E-state index in [1.54, 1.807) is 0 Å². The first-order valence-corrected chi connectivity index (χ1v) is 8.37. The molecule has 2 aliphatic carbocycles. The molecule has 1 amide bonds. The van der Waals surface area contributed by atoms with Gasteiger partial charge in [0.05, 0.1) is 5.54 Å². The van der Waals surface area contributed by atoms with Gasteiger partial charge in [-0.1, -0.05) is 26.2 Å². The van der Waals surface area contributed by atoms with Crippen LogP contribution in [0.25, 0.3) is 0 Å². The Morgan fingerprint density at radius 3 is 2.40 bits per heavy atom. The van der Waals surface area contributed by atoms with E-state index < -0.39 is 5.54 Å². The minimum Gasteiger partial charge on any atom is -0.368 e. The van der Waals surface area contributed by atoms with Crippen LogP contribution in [0.1, 0.15) is 65.2 Å². The Kier molecular flexibility index (Phi) is 5.44. The summed E-state index contributed by atoms with van der Waals surface area (Å²) in [5.74, 6) is -0.205. The number of primary amides is 1. The van der Waals surface area contributed by atoms with E-state index in [1.807, 2.05) is 6.92 Å². The highest BCUT2D eigenvalue weighted by Gasteiger charge is 2.37. The Labute approximate surface area is 123 Å². The summed E-state index contributed by atoms with van der Waals surface area (Å²) in [6.45, 7) is 6.25. The van der Waals surface area contributed by atoms with Crippen molar-refractivity contribution in [2.45, 2.75) is 82.8 Å². The van der Waals surface area contributed by atoms with Gasteiger partial charge >= 0.3 is 0 Å². The van der Waals surface area contributed by atoms with Crippen molar-refractivity contribution in [3.05, 3.63) is 0 Å². The van der Waals surface area contributed by atoms with Crippen molar-refractivity contribution in [2.24, 2.45) is 5.73 Å². The molecule has 2 fully saturated rings. The van der Waals surface area contributed by atoms with Crippen LogP contribution in [0.5, 0.6) is 0 Å². The van der Waals surface area contributed by atoms with Crippen LogP contribution in [0.2, 0.25) is 0 Å². The van der Waals surface area contributed by atoms with E-state index in [2.05, 4.69) is 17.1 Å². The molecule has 0 heterocycles. The Hall–Kier alpha value is -0.610. The maximum absolute atomic E-state index is 11.8. The van der Waals surface area contributed by atoms with Crippen LogP contribution in [0.3, 0.4) is 0 Å². The van der Waals surface area contributed by atoms with Crippen molar-refractivity contribution in [2.75, 3.05) is 13.1 Å². The van der Waals surface area contributed by atoms with Crippen LogP contribution >= 0.6 is 0 Å². The largest absolute Gasteiger partial charge is 0.368 e. The average Bonchev–Trinajstić information content (AvgIpc) is 3.24. The fraction of sp³-hybridized carbons (Fsp3) is 0.938. The third kappa shape index (κ3) is 4.19. The minimum atomic E-state index is -0.538. The van der Waals surface area contributed by atoms with Crippen LogP contribution in [-0.4, -0.2) is 41.5 Å². The molecule has 0 radical (unpaired) electrons. The number of carbonyl (C=O) groups is 1. The molecule has 20 heavy (non-hydrogen) atoms. The van der Waals surface area contributed by atoms with Crippen molar-refractivity contribution < 1.29 is 4.79 Å². The van der Waals surface area contributed by atoms with Crippen molar-refractivity contribution in [1.82, 2.24) is 10.2 Å². The Balaban J connectivity index is 1.87. The first-order chi connectivity index (χ1) is 9.55. The number of nitrogens with one attached hydrogen (secondary N) is 1. The molecule has 2 aliphatic rings. The summed E-state index contributed by atoms with van der Waals surface area (Å²) in [4.78, 5) is 14.4.